The summed E-state index contributed by atoms with van der Waals surface area (Å²) >= 11 is 0. The van der Waals surface area contributed by atoms with Crippen LogP contribution >= 0.6 is 0 Å². The van der Waals surface area contributed by atoms with E-state index in [1.807, 2.05) is 0 Å². The number of rotatable bonds is 1. The van der Waals surface area contributed by atoms with Gasteiger partial charge >= 0.3 is 0 Å². The largest absolute Gasteiger partial charge is 0.357 e. The number of hydrogen-bond donors (Lipinski definition) is 3. The van der Waals surface area contributed by atoms with Crippen LogP contribution in [0.5, 0.6) is 0 Å². The van der Waals surface area contributed by atoms with Gasteiger partial charge in [-0.1, -0.05) is 13.8 Å². The van der Waals surface area contributed by atoms with Crippen molar-refractivity contribution in [3.63, 3.8) is 0 Å². The van der Waals surface area contributed by atoms with E-state index < -0.39 is 6.35 Å². The lowest BCUT2D eigenvalue weighted by atomic mass is 10.1. The highest BCUT2D eigenvalue weighted by Gasteiger charge is 2.22. The molecule has 0 saturated heterocycles. The van der Waals surface area contributed by atoms with Crippen molar-refractivity contribution in [3.05, 3.63) is 12.0 Å². The lowest BCUT2D eigenvalue weighted by molar-refractivity contribution is 0.238. The van der Waals surface area contributed by atoms with Crippen molar-refractivity contribution in [1.82, 2.24) is 9.97 Å². The second-order valence-electron chi connectivity index (χ2n) is 3.33. The third kappa shape index (κ3) is 1.31. The molecule has 0 spiro atoms. The fourth-order valence-electron chi connectivity index (χ4n) is 1.39. The SMILES string of the molecule is CC(C)c1ncnc2c1NC(O)N2. The van der Waals surface area contributed by atoms with Crippen LogP contribution in [0.25, 0.3) is 0 Å². The van der Waals surface area contributed by atoms with E-state index in [0.717, 1.165) is 11.4 Å². The van der Waals surface area contributed by atoms with E-state index in [4.69, 9.17) is 0 Å². The van der Waals surface area contributed by atoms with Crippen LogP contribution in [0.2, 0.25) is 0 Å². The van der Waals surface area contributed by atoms with Crippen LogP contribution in [-0.4, -0.2) is 21.4 Å². The van der Waals surface area contributed by atoms with Crippen LogP contribution in [0.1, 0.15) is 25.5 Å². The number of aliphatic hydroxyl groups is 1. The predicted molar refractivity (Wildman–Crippen MR) is 49.4 cm³/mol. The molecular weight excluding hydrogens is 168 g/mol. The third-order valence-corrected chi connectivity index (χ3v) is 1.98. The van der Waals surface area contributed by atoms with Gasteiger partial charge in [-0.2, -0.15) is 0 Å². The van der Waals surface area contributed by atoms with Crippen LogP contribution < -0.4 is 10.6 Å². The molecule has 3 N–H and O–H groups in total. The molecule has 1 aromatic rings. The van der Waals surface area contributed by atoms with Gasteiger partial charge in [-0.3, -0.25) is 0 Å². The quantitative estimate of drug-likeness (QED) is 0.594. The molecular formula is C8H12N4O. The minimum Gasteiger partial charge on any atom is -0.357 e. The summed E-state index contributed by atoms with van der Waals surface area (Å²) in [6, 6.07) is 0. The highest BCUT2D eigenvalue weighted by Crippen LogP contribution is 2.31. The van der Waals surface area contributed by atoms with Crippen molar-refractivity contribution in [1.29, 1.82) is 0 Å². The number of anilines is 2. The lowest BCUT2D eigenvalue weighted by Gasteiger charge is -2.08. The molecule has 0 bridgehead atoms. The van der Waals surface area contributed by atoms with E-state index in [0.29, 0.717) is 11.7 Å². The van der Waals surface area contributed by atoms with Crippen LogP contribution in [-0.2, 0) is 0 Å². The maximum atomic E-state index is 9.27. The summed E-state index contributed by atoms with van der Waals surface area (Å²) in [5.74, 6) is 0.988. The highest BCUT2D eigenvalue weighted by atomic mass is 16.3. The summed E-state index contributed by atoms with van der Waals surface area (Å²) in [5.41, 5.74) is 1.74. The maximum Gasteiger partial charge on any atom is 0.204 e. The van der Waals surface area contributed by atoms with Crippen LogP contribution in [0.15, 0.2) is 6.33 Å². The highest BCUT2D eigenvalue weighted by molar-refractivity contribution is 5.72. The van der Waals surface area contributed by atoms with E-state index in [1.54, 1.807) is 0 Å². The molecule has 1 aromatic heterocycles. The molecule has 1 atom stereocenters. The summed E-state index contributed by atoms with van der Waals surface area (Å²) in [5, 5.41) is 14.9. The van der Waals surface area contributed by atoms with Gasteiger partial charge in [0.2, 0.25) is 6.35 Å². The topological polar surface area (TPSA) is 70.1 Å². The van der Waals surface area contributed by atoms with Gasteiger partial charge in [0, 0.05) is 0 Å². The smallest absolute Gasteiger partial charge is 0.204 e. The first-order valence-electron chi connectivity index (χ1n) is 4.24. The van der Waals surface area contributed by atoms with Gasteiger partial charge in [-0.05, 0) is 5.92 Å². The molecule has 5 nitrogen and oxygen atoms in total. The van der Waals surface area contributed by atoms with Gasteiger partial charge in [0.05, 0.1) is 5.69 Å². The molecule has 0 aliphatic carbocycles. The minimum atomic E-state index is -0.746. The van der Waals surface area contributed by atoms with Crippen molar-refractivity contribution < 1.29 is 5.11 Å². The fourth-order valence-corrected chi connectivity index (χ4v) is 1.39. The second kappa shape index (κ2) is 2.85. The molecule has 0 aromatic carbocycles. The Morgan fingerprint density at radius 1 is 1.38 bits per heavy atom. The summed E-state index contributed by atoms with van der Waals surface area (Å²) in [6.45, 7) is 4.10. The van der Waals surface area contributed by atoms with E-state index in [1.165, 1.54) is 6.33 Å². The zero-order valence-corrected chi connectivity index (χ0v) is 7.57. The molecule has 1 aliphatic heterocycles. The average molecular weight is 180 g/mol. The van der Waals surface area contributed by atoms with Gasteiger partial charge in [-0.25, -0.2) is 9.97 Å². The Kier molecular flexibility index (Phi) is 1.81. The van der Waals surface area contributed by atoms with Gasteiger partial charge < -0.3 is 15.7 Å². The maximum absolute atomic E-state index is 9.27. The Morgan fingerprint density at radius 3 is 2.85 bits per heavy atom. The van der Waals surface area contributed by atoms with Crippen LogP contribution in [0.3, 0.4) is 0 Å². The van der Waals surface area contributed by atoms with E-state index in [-0.39, 0.29) is 0 Å². The van der Waals surface area contributed by atoms with Crippen molar-refractivity contribution in [2.75, 3.05) is 10.6 Å². The number of nitrogens with one attached hydrogen (secondary N) is 2. The summed E-state index contributed by atoms with van der Waals surface area (Å²) in [4.78, 5) is 8.17. The minimum absolute atomic E-state index is 0.316. The molecule has 0 saturated carbocycles. The molecule has 0 amide bonds. The number of nitrogens with zero attached hydrogens (tertiary/aromatic N) is 2. The van der Waals surface area contributed by atoms with Crippen molar-refractivity contribution in [3.8, 4) is 0 Å². The number of fused-ring (bicyclic) bond motifs is 1. The zero-order valence-electron chi connectivity index (χ0n) is 7.57. The van der Waals surface area contributed by atoms with Crippen molar-refractivity contribution in [2.24, 2.45) is 0 Å². The normalized spacial score (nSPS) is 19.5. The monoisotopic (exact) mass is 180 g/mol. The van der Waals surface area contributed by atoms with Crippen molar-refractivity contribution in [2.45, 2.75) is 26.1 Å². The first-order chi connectivity index (χ1) is 6.18. The van der Waals surface area contributed by atoms with Gasteiger partial charge in [0.25, 0.3) is 0 Å². The van der Waals surface area contributed by atoms with E-state index in [2.05, 4.69) is 34.4 Å². The van der Waals surface area contributed by atoms with E-state index in [9.17, 15) is 5.11 Å². The molecule has 13 heavy (non-hydrogen) atoms. The molecule has 2 rings (SSSR count). The second-order valence-corrected chi connectivity index (χ2v) is 3.33. The molecule has 5 heteroatoms. The Hall–Kier alpha value is -1.36. The molecule has 2 heterocycles. The number of hydrogen-bond acceptors (Lipinski definition) is 5. The van der Waals surface area contributed by atoms with E-state index >= 15 is 0 Å². The Morgan fingerprint density at radius 2 is 2.15 bits per heavy atom. The van der Waals surface area contributed by atoms with Gasteiger partial charge in [0.15, 0.2) is 5.82 Å². The Balaban J connectivity index is 2.45. The molecule has 0 fully saturated rings. The Labute approximate surface area is 76.2 Å². The number of aliphatic hydroxyl groups excluding tert-OH is 1. The predicted octanol–water partition coefficient (Wildman–Crippen LogP) is 0.713. The molecule has 0 radical (unpaired) electrons. The van der Waals surface area contributed by atoms with Crippen molar-refractivity contribution >= 4 is 11.5 Å². The number of aromatic nitrogens is 2. The summed E-state index contributed by atoms with van der Waals surface area (Å²) in [7, 11) is 0. The average Bonchev–Trinajstić information content (AvgIpc) is 2.43. The summed E-state index contributed by atoms with van der Waals surface area (Å²) < 4.78 is 0. The third-order valence-electron chi connectivity index (χ3n) is 1.98. The first-order valence-corrected chi connectivity index (χ1v) is 4.24. The lowest BCUT2D eigenvalue weighted by Crippen LogP contribution is -2.20. The fraction of sp³-hybridized carbons (Fsp3) is 0.500. The van der Waals surface area contributed by atoms with Crippen LogP contribution in [0.4, 0.5) is 11.5 Å². The molecule has 1 unspecified atom stereocenters. The molecule has 1 aliphatic rings. The van der Waals surface area contributed by atoms with Gasteiger partial charge in [-0.15, -0.1) is 0 Å². The standard InChI is InChI=1S/C8H12N4O/c1-4(2)5-6-7(10-3-9-5)12-8(13)11-6/h3-4,8,11,13H,1-2H3,(H,9,10,12). The van der Waals surface area contributed by atoms with Gasteiger partial charge in [0.1, 0.15) is 12.0 Å². The zero-order chi connectivity index (χ0) is 9.42. The first kappa shape index (κ1) is 8.25. The summed E-state index contributed by atoms with van der Waals surface area (Å²) in [6.07, 6.45) is 0.755. The van der Waals surface area contributed by atoms with Crippen LogP contribution in [0, 0.1) is 0 Å². The molecule has 70 valence electrons. The Bertz CT molecular complexity index is 326.